The zero-order valence-electron chi connectivity index (χ0n) is 35.0. The van der Waals surface area contributed by atoms with Crippen molar-refractivity contribution in [1.82, 2.24) is 9.97 Å². The molecule has 0 spiro atoms. The van der Waals surface area contributed by atoms with Crippen molar-refractivity contribution in [2.75, 3.05) is 0 Å². The van der Waals surface area contributed by atoms with Crippen LogP contribution in [0.4, 0.5) is 0 Å². The highest BCUT2D eigenvalue weighted by Gasteiger charge is 2.17. The molecule has 11 aromatic carbocycles. The first kappa shape index (κ1) is 37.3. The minimum absolute atomic E-state index is 0.698. The van der Waals surface area contributed by atoms with Crippen molar-refractivity contribution in [3.05, 3.63) is 243 Å². The average molecular weight is 813 g/mol. The van der Waals surface area contributed by atoms with Crippen LogP contribution in [0, 0.1) is 0 Å². The van der Waals surface area contributed by atoms with Crippen LogP contribution in [-0.2, 0) is 0 Å². The fourth-order valence-electron chi connectivity index (χ4n) is 9.50. The topological polar surface area (TPSA) is 25.8 Å². The molecule has 12 rings (SSSR count). The number of benzene rings is 11. The molecule has 1 heterocycles. The summed E-state index contributed by atoms with van der Waals surface area (Å²) in [6.07, 6.45) is 0. The minimum atomic E-state index is 0.698. The van der Waals surface area contributed by atoms with Crippen molar-refractivity contribution in [2.45, 2.75) is 0 Å². The predicted octanol–water partition coefficient (Wildman–Crippen LogP) is 16.8. The number of hydrogen-bond acceptors (Lipinski definition) is 2. The minimum Gasteiger partial charge on any atom is -0.228 e. The highest BCUT2D eigenvalue weighted by atomic mass is 14.9. The monoisotopic (exact) mass is 812 g/mol. The molecule has 0 fully saturated rings. The third-order valence-electron chi connectivity index (χ3n) is 12.7. The van der Waals surface area contributed by atoms with Gasteiger partial charge in [-0.05, 0) is 106 Å². The van der Waals surface area contributed by atoms with Crippen molar-refractivity contribution in [3.8, 4) is 78.4 Å². The molecule has 0 N–H and O–H groups in total. The molecule has 1 aromatic heterocycles. The summed E-state index contributed by atoms with van der Waals surface area (Å²) in [5.41, 5.74) is 14.4. The van der Waals surface area contributed by atoms with Crippen LogP contribution < -0.4 is 0 Å². The van der Waals surface area contributed by atoms with Crippen LogP contribution in [0.5, 0.6) is 0 Å². The number of hydrogen-bond donors (Lipinski definition) is 0. The summed E-state index contributed by atoms with van der Waals surface area (Å²) in [6.45, 7) is 0. The normalized spacial score (nSPS) is 11.4. The van der Waals surface area contributed by atoms with E-state index in [1.807, 2.05) is 12.1 Å². The zero-order chi connectivity index (χ0) is 42.4. The van der Waals surface area contributed by atoms with Crippen LogP contribution in [0.25, 0.3) is 122 Å². The average Bonchev–Trinajstić information content (AvgIpc) is 3.38. The van der Waals surface area contributed by atoms with Gasteiger partial charge in [-0.25, -0.2) is 9.97 Å². The maximum Gasteiger partial charge on any atom is 0.160 e. The third-order valence-corrected chi connectivity index (χ3v) is 12.7. The Bertz CT molecular complexity index is 3690. The van der Waals surface area contributed by atoms with Crippen LogP contribution in [0.15, 0.2) is 243 Å². The second kappa shape index (κ2) is 15.8. The first-order valence-electron chi connectivity index (χ1n) is 21.9. The van der Waals surface area contributed by atoms with E-state index in [0.29, 0.717) is 5.82 Å². The van der Waals surface area contributed by atoms with Crippen LogP contribution in [0.1, 0.15) is 0 Å². The van der Waals surface area contributed by atoms with Gasteiger partial charge in [-0.3, -0.25) is 0 Å². The van der Waals surface area contributed by atoms with Gasteiger partial charge in [0, 0.05) is 16.7 Å². The Morgan fingerprint density at radius 1 is 0.219 bits per heavy atom. The Kier molecular flexibility index (Phi) is 9.20. The summed E-state index contributed by atoms with van der Waals surface area (Å²) >= 11 is 0. The molecule has 64 heavy (non-hydrogen) atoms. The van der Waals surface area contributed by atoms with Crippen molar-refractivity contribution in [2.24, 2.45) is 0 Å². The highest BCUT2D eigenvalue weighted by Crippen LogP contribution is 2.44. The lowest BCUT2D eigenvalue weighted by Gasteiger charge is -2.17. The maximum atomic E-state index is 5.16. The number of nitrogens with zero attached hydrogens (tertiary/aromatic N) is 2. The highest BCUT2D eigenvalue weighted by molar-refractivity contribution is 6.23. The molecule has 2 nitrogen and oxygen atoms in total. The lowest BCUT2D eigenvalue weighted by molar-refractivity contribution is 1.18. The molecule has 0 aliphatic heterocycles. The van der Waals surface area contributed by atoms with Crippen LogP contribution in [0.2, 0.25) is 0 Å². The number of fused-ring (bicyclic) bond motifs is 5. The summed E-state index contributed by atoms with van der Waals surface area (Å²) in [7, 11) is 0. The Morgan fingerprint density at radius 3 is 1.44 bits per heavy atom. The predicted molar refractivity (Wildman–Crippen MR) is 270 cm³/mol. The molecule has 0 atom stereocenters. The van der Waals surface area contributed by atoms with Gasteiger partial charge in [-0.2, -0.15) is 0 Å². The SMILES string of the molecule is c1ccc(-c2cccc(-c3cc(-c4ccccc4)nc(-c4ccc(-c5ccc(-c6ccc(-c7c8ccccc8cc8c7ccc7ccccc78)c7ccccc67)cc5)cc4)n3)c2)cc1. The van der Waals surface area contributed by atoms with Crippen molar-refractivity contribution >= 4 is 43.1 Å². The lowest BCUT2D eigenvalue weighted by Crippen LogP contribution is -1.96. The molecule has 0 amide bonds. The van der Waals surface area contributed by atoms with Crippen molar-refractivity contribution < 1.29 is 0 Å². The number of aromatic nitrogens is 2. The summed E-state index contributed by atoms with van der Waals surface area (Å²) in [5, 5.41) is 10.1. The second-order valence-corrected chi connectivity index (χ2v) is 16.5. The van der Waals surface area contributed by atoms with Crippen LogP contribution in [0.3, 0.4) is 0 Å². The molecule has 0 aliphatic rings. The van der Waals surface area contributed by atoms with E-state index >= 15 is 0 Å². The van der Waals surface area contributed by atoms with Crippen molar-refractivity contribution in [3.63, 3.8) is 0 Å². The fraction of sp³-hybridized carbons (Fsp3) is 0. The van der Waals surface area contributed by atoms with E-state index in [4.69, 9.17) is 9.97 Å². The number of rotatable bonds is 7. The smallest absolute Gasteiger partial charge is 0.160 e. The Morgan fingerprint density at radius 2 is 0.719 bits per heavy atom. The molecule has 0 saturated heterocycles. The van der Waals surface area contributed by atoms with Crippen LogP contribution in [-0.4, -0.2) is 9.97 Å². The summed E-state index contributed by atoms with van der Waals surface area (Å²) in [4.78, 5) is 10.3. The van der Waals surface area contributed by atoms with Crippen LogP contribution >= 0.6 is 0 Å². The quantitative estimate of drug-likeness (QED) is 0.118. The van der Waals surface area contributed by atoms with E-state index in [-0.39, 0.29) is 0 Å². The molecular weight excluding hydrogens is 773 g/mol. The molecule has 0 unspecified atom stereocenters. The first-order chi connectivity index (χ1) is 31.7. The van der Waals surface area contributed by atoms with Gasteiger partial charge >= 0.3 is 0 Å². The van der Waals surface area contributed by atoms with Gasteiger partial charge in [0.05, 0.1) is 11.4 Å². The second-order valence-electron chi connectivity index (χ2n) is 16.5. The Balaban J connectivity index is 0.890. The molecule has 0 bridgehead atoms. The third kappa shape index (κ3) is 6.70. The zero-order valence-corrected chi connectivity index (χ0v) is 35.0. The van der Waals surface area contributed by atoms with Gasteiger partial charge in [0.15, 0.2) is 5.82 Å². The molecule has 298 valence electrons. The maximum absolute atomic E-state index is 5.16. The van der Waals surface area contributed by atoms with E-state index < -0.39 is 0 Å². The van der Waals surface area contributed by atoms with Gasteiger partial charge in [-0.15, -0.1) is 0 Å². The van der Waals surface area contributed by atoms with E-state index in [1.54, 1.807) is 0 Å². The standard InChI is InChI=1S/C62H40N2/c1-3-14-41(15-4-1)48-20-13-21-50(38-48)60-40-59(46-17-5-2-6-18-46)63-62(64-60)47-32-28-43(29-33-47)42-26-30-45(31-27-42)52-36-37-56(55-25-12-11-24-54(52)55)61-53-23-10-8-19-49(53)39-58-51-22-9-7-16-44(51)34-35-57(58)61/h1-40H. The van der Waals surface area contributed by atoms with Gasteiger partial charge in [0.25, 0.3) is 0 Å². The first-order valence-corrected chi connectivity index (χ1v) is 21.9. The van der Waals surface area contributed by atoms with E-state index in [2.05, 4.69) is 231 Å². The summed E-state index contributed by atoms with van der Waals surface area (Å²) < 4.78 is 0. The van der Waals surface area contributed by atoms with Gasteiger partial charge in [-0.1, -0.05) is 224 Å². The Hall–Kier alpha value is -8.46. The largest absolute Gasteiger partial charge is 0.228 e. The van der Waals surface area contributed by atoms with Gasteiger partial charge in [0.1, 0.15) is 0 Å². The summed E-state index contributed by atoms with van der Waals surface area (Å²) in [5.74, 6) is 0.698. The molecule has 0 saturated carbocycles. The Labute approximate surface area is 372 Å². The van der Waals surface area contributed by atoms with E-state index in [0.717, 1.165) is 44.8 Å². The van der Waals surface area contributed by atoms with Gasteiger partial charge < -0.3 is 0 Å². The fourth-order valence-corrected chi connectivity index (χ4v) is 9.50. The van der Waals surface area contributed by atoms with E-state index in [1.165, 1.54) is 70.9 Å². The van der Waals surface area contributed by atoms with Gasteiger partial charge in [0.2, 0.25) is 0 Å². The molecule has 0 radical (unpaired) electrons. The molecule has 12 aromatic rings. The lowest BCUT2D eigenvalue weighted by atomic mass is 9.86. The molecule has 0 aliphatic carbocycles. The van der Waals surface area contributed by atoms with Crippen molar-refractivity contribution in [1.29, 1.82) is 0 Å². The molecule has 2 heteroatoms. The summed E-state index contributed by atoms with van der Waals surface area (Å²) in [6, 6.07) is 87.2. The molecular formula is C62H40N2. The van der Waals surface area contributed by atoms with E-state index in [9.17, 15) is 0 Å².